The predicted molar refractivity (Wildman–Crippen MR) is 57.9 cm³/mol. The third kappa shape index (κ3) is 2.04. The van der Waals surface area contributed by atoms with E-state index >= 15 is 0 Å². The molecule has 5 nitrogen and oxygen atoms in total. The molecule has 0 aliphatic carbocycles. The van der Waals surface area contributed by atoms with Crippen LogP contribution in [0.3, 0.4) is 0 Å². The second-order valence-corrected chi connectivity index (χ2v) is 3.81. The largest absolute Gasteiger partial charge is 0.479 e. The van der Waals surface area contributed by atoms with E-state index < -0.39 is 23.8 Å². The van der Waals surface area contributed by atoms with Gasteiger partial charge in [-0.1, -0.05) is 30.3 Å². The number of nitrogens with zero attached hydrogens (tertiary/aromatic N) is 1. The van der Waals surface area contributed by atoms with Crippen molar-refractivity contribution < 1.29 is 19.5 Å². The van der Waals surface area contributed by atoms with Crippen molar-refractivity contribution in [2.75, 3.05) is 0 Å². The van der Waals surface area contributed by atoms with E-state index in [1.165, 1.54) is 0 Å². The molecule has 1 heterocycles. The summed E-state index contributed by atoms with van der Waals surface area (Å²) in [4.78, 5) is 35.2. The van der Waals surface area contributed by atoms with Gasteiger partial charge in [-0.3, -0.25) is 14.5 Å². The first-order chi connectivity index (χ1) is 8.11. The van der Waals surface area contributed by atoms with Gasteiger partial charge in [-0.05, 0) is 5.56 Å². The summed E-state index contributed by atoms with van der Waals surface area (Å²) in [5.74, 6) is -2.04. The Hall–Kier alpha value is -2.17. The molecule has 0 unspecified atom stereocenters. The third-order valence-electron chi connectivity index (χ3n) is 2.70. The maximum absolute atomic E-state index is 11.5. The minimum absolute atomic E-state index is 0.0927. The fourth-order valence-corrected chi connectivity index (χ4v) is 1.92. The molecule has 17 heavy (non-hydrogen) atoms. The van der Waals surface area contributed by atoms with Gasteiger partial charge in [0.1, 0.15) is 0 Å². The molecule has 2 amide bonds. The van der Waals surface area contributed by atoms with Crippen LogP contribution in [0.2, 0.25) is 0 Å². The Bertz CT molecular complexity index is 453. The molecule has 1 aromatic rings. The van der Waals surface area contributed by atoms with Gasteiger partial charge in [0, 0.05) is 12.8 Å². The van der Waals surface area contributed by atoms with E-state index in [0.29, 0.717) is 5.56 Å². The van der Waals surface area contributed by atoms with Crippen molar-refractivity contribution in [2.24, 2.45) is 0 Å². The molecule has 88 valence electrons. The summed E-state index contributed by atoms with van der Waals surface area (Å²) in [6.45, 7) is 0. The molecule has 0 spiro atoms. The van der Waals surface area contributed by atoms with Gasteiger partial charge in [-0.2, -0.15) is 0 Å². The van der Waals surface area contributed by atoms with Gasteiger partial charge >= 0.3 is 5.97 Å². The Morgan fingerprint density at radius 2 is 1.65 bits per heavy atom. The maximum Gasteiger partial charge on any atom is 0.331 e. The van der Waals surface area contributed by atoms with E-state index in [4.69, 9.17) is 0 Å². The second-order valence-electron chi connectivity index (χ2n) is 3.81. The van der Waals surface area contributed by atoms with E-state index in [9.17, 15) is 19.5 Å². The average Bonchev–Trinajstić information content (AvgIpc) is 2.62. The standard InChI is InChI=1S/C12H11NO4/c14-9-6-7-10(15)13(9)11(12(16)17)8-4-2-1-3-5-8/h1-5,11H,6-7H2,(H,16,17)/t11-/m0/s1. The zero-order valence-corrected chi connectivity index (χ0v) is 9.00. The lowest BCUT2D eigenvalue weighted by molar-refractivity contribution is -0.154. The highest BCUT2D eigenvalue weighted by atomic mass is 16.4. The van der Waals surface area contributed by atoms with Crippen molar-refractivity contribution in [2.45, 2.75) is 18.9 Å². The summed E-state index contributed by atoms with van der Waals surface area (Å²) in [5, 5.41) is 9.18. The molecule has 0 saturated carbocycles. The van der Waals surface area contributed by atoms with Gasteiger partial charge in [0.05, 0.1) is 0 Å². The molecular formula is C12H11NO4. The summed E-state index contributed by atoms with van der Waals surface area (Å²) >= 11 is 0. The minimum Gasteiger partial charge on any atom is -0.479 e. The lowest BCUT2D eigenvalue weighted by Crippen LogP contribution is -2.37. The zero-order valence-electron chi connectivity index (χ0n) is 9.00. The number of rotatable bonds is 3. The van der Waals surface area contributed by atoms with Gasteiger partial charge in [-0.25, -0.2) is 4.79 Å². The van der Waals surface area contributed by atoms with Crippen LogP contribution in [0.5, 0.6) is 0 Å². The van der Waals surface area contributed by atoms with Crippen molar-refractivity contribution >= 4 is 17.8 Å². The number of carbonyl (C=O) groups is 3. The number of carboxylic acids is 1. The number of hydrogen-bond donors (Lipinski definition) is 1. The lowest BCUT2D eigenvalue weighted by Gasteiger charge is -2.22. The summed E-state index contributed by atoms with van der Waals surface area (Å²) < 4.78 is 0. The molecule has 1 N–H and O–H groups in total. The number of carboxylic acid groups (broad SMARTS) is 1. The minimum atomic E-state index is -1.21. The van der Waals surface area contributed by atoms with E-state index in [-0.39, 0.29) is 12.8 Å². The van der Waals surface area contributed by atoms with Gasteiger partial charge in [0.2, 0.25) is 11.8 Å². The summed E-state index contributed by atoms with van der Waals surface area (Å²) in [7, 11) is 0. The Kier molecular flexibility index (Phi) is 2.91. The van der Waals surface area contributed by atoms with Crippen LogP contribution < -0.4 is 0 Å². The van der Waals surface area contributed by atoms with Crippen LogP contribution in [0, 0.1) is 0 Å². The second kappa shape index (κ2) is 4.37. The fraction of sp³-hybridized carbons (Fsp3) is 0.250. The molecule has 0 radical (unpaired) electrons. The van der Waals surface area contributed by atoms with Crippen LogP contribution >= 0.6 is 0 Å². The Labute approximate surface area is 97.7 Å². The summed E-state index contributed by atoms with van der Waals surface area (Å²) in [5.41, 5.74) is 0.434. The van der Waals surface area contributed by atoms with Gasteiger partial charge in [-0.15, -0.1) is 0 Å². The van der Waals surface area contributed by atoms with E-state index in [1.807, 2.05) is 0 Å². The van der Waals surface area contributed by atoms with Crippen molar-refractivity contribution in [3.8, 4) is 0 Å². The monoisotopic (exact) mass is 233 g/mol. The van der Waals surface area contributed by atoms with Crippen LogP contribution in [-0.4, -0.2) is 27.8 Å². The van der Waals surface area contributed by atoms with Crippen molar-refractivity contribution in [1.82, 2.24) is 4.90 Å². The molecule has 1 aliphatic heterocycles. The van der Waals surface area contributed by atoms with Crippen molar-refractivity contribution in [3.63, 3.8) is 0 Å². The van der Waals surface area contributed by atoms with Crippen LogP contribution in [0.4, 0.5) is 0 Å². The molecule has 1 atom stereocenters. The summed E-state index contributed by atoms with van der Waals surface area (Å²) in [6.07, 6.45) is 0.185. The molecule has 1 fully saturated rings. The normalized spacial score (nSPS) is 17.3. The molecular weight excluding hydrogens is 222 g/mol. The Balaban J connectivity index is 2.40. The number of imide groups is 1. The van der Waals surface area contributed by atoms with Crippen LogP contribution in [0.15, 0.2) is 30.3 Å². The number of hydrogen-bond acceptors (Lipinski definition) is 3. The van der Waals surface area contributed by atoms with E-state index in [1.54, 1.807) is 30.3 Å². The first kappa shape index (κ1) is 11.3. The lowest BCUT2D eigenvalue weighted by atomic mass is 10.1. The number of aliphatic carboxylic acids is 1. The quantitative estimate of drug-likeness (QED) is 0.789. The molecule has 1 saturated heterocycles. The molecule has 0 aromatic heterocycles. The summed E-state index contributed by atoms with van der Waals surface area (Å²) in [6, 6.07) is 7.08. The fourth-order valence-electron chi connectivity index (χ4n) is 1.92. The first-order valence-electron chi connectivity index (χ1n) is 5.24. The molecule has 2 rings (SSSR count). The third-order valence-corrected chi connectivity index (χ3v) is 2.70. The zero-order chi connectivity index (χ0) is 12.4. The number of carbonyl (C=O) groups excluding carboxylic acids is 2. The predicted octanol–water partition coefficient (Wildman–Crippen LogP) is 0.961. The SMILES string of the molecule is O=C(O)[C@H](c1ccccc1)N1C(=O)CCC1=O. The first-order valence-corrected chi connectivity index (χ1v) is 5.24. The molecule has 5 heteroatoms. The molecule has 0 bridgehead atoms. The van der Waals surface area contributed by atoms with Crippen LogP contribution in [0.1, 0.15) is 24.4 Å². The average molecular weight is 233 g/mol. The maximum atomic E-state index is 11.5. The molecule has 1 aliphatic rings. The highest BCUT2D eigenvalue weighted by Crippen LogP contribution is 2.26. The topological polar surface area (TPSA) is 74.7 Å². The van der Waals surface area contributed by atoms with Crippen molar-refractivity contribution in [1.29, 1.82) is 0 Å². The Morgan fingerprint density at radius 3 is 2.12 bits per heavy atom. The Morgan fingerprint density at radius 1 is 1.12 bits per heavy atom. The van der Waals surface area contributed by atoms with E-state index in [2.05, 4.69) is 0 Å². The number of benzene rings is 1. The smallest absolute Gasteiger partial charge is 0.331 e. The highest BCUT2D eigenvalue weighted by Gasteiger charge is 2.39. The van der Waals surface area contributed by atoms with Gasteiger partial charge in [0.25, 0.3) is 0 Å². The van der Waals surface area contributed by atoms with Gasteiger partial charge in [0.15, 0.2) is 6.04 Å². The number of likely N-dealkylation sites (tertiary alicyclic amines) is 1. The van der Waals surface area contributed by atoms with Crippen LogP contribution in [0.25, 0.3) is 0 Å². The van der Waals surface area contributed by atoms with Crippen LogP contribution in [-0.2, 0) is 14.4 Å². The van der Waals surface area contributed by atoms with E-state index in [0.717, 1.165) is 4.90 Å². The number of amides is 2. The van der Waals surface area contributed by atoms with Crippen molar-refractivity contribution in [3.05, 3.63) is 35.9 Å². The highest BCUT2D eigenvalue weighted by molar-refractivity contribution is 6.05. The van der Waals surface area contributed by atoms with Gasteiger partial charge < -0.3 is 5.11 Å². The molecule has 1 aromatic carbocycles.